The quantitative estimate of drug-likeness (QED) is 0.336. The van der Waals surface area contributed by atoms with Gasteiger partial charge in [-0.1, -0.05) is 16.8 Å². The van der Waals surface area contributed by atoms with E-state index in [1.807, 2.05) is 19.1 Å². The predicted octanol–water partition coefficient (Wildman–Crippen LogP) is 3.06. The number of guanidine groups is 1. The molecule has 1 aromatic heterocycles. The maximum Gasteiger partial charge on any atom is 0.248 e. The molecule has 0 spiro atoms. The molecule has 0 radical (unpaired) electrons. The van der Waals surface area contributed by atoms with Gasteiger partial charge in [-0.05, 0) is 49.9 Å². The van der Waals surface area contributed by atoms with E-state index in [1.165, 1.54) is 0 Å². The van der Waals surface area contributed by atoms with Crippen molar-refractivity contribution >= 4 is 47.4 Å². The summed E-state index contributed by atoms with van der Waals surface area (Å²) in [6.07, 6.45) is 2.42. The van der Waals surface area contributed by atoms with Crippen molar-refractivity contribution in [2.45, 2.75) is 32.7 Å². The van der Waals surface area contributed by atoms with Crippen LogP contribution in [0.5, 0.6) is 0 Å². The van der Waals surface area contributed by atoms with Gasteiger partial charge >= 0.3 is 0 Å². The number of likely N-dealkylation sites (tertiary alicyclic amines) is 1. The SMILES string of the molecule is CCNC(=NCc1nc(-c2ccc(Cl)cc2)no1)N1CCCC(CC(N)=O)C1.I. The lowest BCUT2D eigenvalue weighted by molar-refractivity contribution is -0.119. The Balaban J connectivity index is 0.00000300. The zero-order chi connectivity index (χ0) is 19.9. The second kappa shape index (κ2) is 11.3. The van der Waals surface area contributed by atoms with Crippen molar-refractivity contribution in [1.82, 2.24) is 20.4 Å². The second-order valence-electron chi connectivity index (χ2n) is 6.81. The fraction of sp³-hybridized carbons (Fsp3) is 0.474. The Kier molecular flexibility index (Phi) is 9.15. The number of nitrogens with zero attached hydrogens (tertiary/aromatic N) is 4. The van der Waals surface area contributed by atoms with E-state index in [-0.39, 0.29) is 42.3 Å². The lowest BCUT2D eigenvalue weighted by Crippen LogP contribution is -2.47. The maximum absolute atomic E-state index is 11.2. The topological polar surface area (TPSA) is 110 Å². The van der Waals surface area contributed by atoms with E-state index in [0.717, 1.165) is 44.0 Å². The monoisotopic (exact) mass is 532 g/mol. The number of rotatable bonds is 6. The maximum atomic E-state index is 11.2. The number of aromatic nitrogens is 2. The first-order valence-electron chi connectivity index (χ1n) is 9.45. The van der Waals surface area contributed by atoms with Gasteiger partial charge in [-0.2, -0.15) is 4.98 Å². The number of amides is 1. The van der Waals surface area contributed by atoms with Crippen LogP contribution in [0.25, 0.3) is 11.4 Å². The first-order valence-corrected chi connectivity index (χ1v) is 9.83. The van der Waals surface area contributed by atoms with Gasteiger partial charge < -0.3 is 20.5 Å². The average molecular weight is 533 g/mol. The molecule has 2 heterocycles. The van der Waals surface area contributed by atoms with Gasteiger partial charge in [-0.15, -0.1) is 24.0 Å². The fourth-order valence-electron chi connectivity index (χ4n) is 3.31. The molecular weight excluding hydrogens is 507 g/mol. The van der Waals surface area contributed by atoms with Crippen molar-refractivity contribution in [2.24, 2.45) is 16.6 Å². The summed E-state index contributed by atoms with van der Waals surface area (Å²) in [7, 11) is 0. The number of nitrogens with one attached hydrogen (secondary N) is 1. The van der Waals surface area contributed by atoms with Gasteiger partial charge in [0.25, 0.3) is 0 Å². The highest BCUT2D eigenvalue weighted by molar-refractivity contribution is 14.0. The minimum absolute atomic E-state index is 0. The van der Waals surface area contributed by atoms with Crippen LogP contribution < -0.4 is 11.1 Å². The molecule has 0 saturated carbocycles. The van der Waals surface area contributed by atoms with Crippen molar-refractivity contribution in [3.05, 3.63) is 35.2 Å². The summed E-state index contributed by atoms with van der Waals surface area (Å²) < 4.78 is 5.33. The number of carbonyl (C=O) groups excluding carboxylic acids is 1. The highest BCUT2D eigenvalue weighted by Crippen LogP contribution is 2.20. The highest BCUT2D eigenvalue weighted by Gasteiger charge is 2.23. The third-order valence-corrected chi connectivity index (χ3v) is 4.83. The molecule has 8 nitrogen and oxygen atoms in total. The molecule has 1 atom stereocenters. The molecule has 3 N–H and O–H groups in total. The number of hydrogen-bond acceptors (Lipinski definition) is 5. The van der Waals surface area contributed by atoms with Crippen LogP contribution in [-0.2, 0) is 11.3 Å². The molecule has 1 amide bonds. The molecule has 1 fully saturated rings. The molecule has 1 unspecified atom stereocenters. The number of hydrogen-bond donors (Lipinski definition) is 2. The Morgan fingerprint density at radius 3 is 2.86 bits per heavy atom. The fourth-order valence-corrected chi connectivity index (χ4v) is 3.44. The van der Waals surface area contributed by atoms with E-state index in [4.69, 9.17) is 21.9 Å². The standard InChI is InChI=1S/C19H25ClN6O2.HI/c1-2-22-19(26-9-3-4-13(12-26)10-16(21)27)23-11-17-24-18(25-28-17)14-5-7-15(20)8-6-14;/h5-8,13H,2-4,9-12H2,1H3,(H2,21,27)(H,22,23);1H. The summed E-state index contributed by atoms with van der Waals surface area (Å²) in [6, 6.07) is 7.26. The Labute approximate surface area is 192 Å². The Morgan fingerprint density at radius 2 is 2.17 bits per heavy atom. The number of carbonyl (C=O) groups is 1. The molecule has 0 bridgehead atoms. The van der Waals surface area contributed by atoms with Crippen molar-refractivity contribution in [3.8, 4) is 11.4 Å². The van der Waals surface area contributed by atoms with E-state index in [1.54, 1.807) is 12.1 Å². The van der Waals surface area contributed by atoms with Gasteiger partial charge in [0.1, 0.15) is 6.54 Å². The van der Waals surface area contributed by atoms with Crippen LogP contribution in [0.4, 0.5) is 0 Å². The van der Waals surface area contributed by atoms with E-state index in [9.17, 15) is 4.79 Å². The number of halogens is 2. The molecule has 158 valence electrons. The molecule has 1 aromatic carbocycles. The zero-order valence-corrected chi connectivity index (χ0v) is 19.4. The average Bonchev–Trinajstić information content (AvgIpc) is 3.14. The summed E-state index contributed by atoms with van der Waals surface area (Å²) in [5, 5.41) is 7.97. The summed E-state index contributed by atoms with van der Waals surface area (Å²) in [5.41, 5.74) is 6.19. The molecule has 0 aliphatic carbocycles. The van der Waals surface area contributed by atoms with Crippen molar-refractivity contribution in [3.63, 3.8) is 0 Å². The van der Waals surface area contributed by atoms with Gasteiger partial charge in [-0.3, -0.25) is 4.79 Å². The summed E-state index contributed by atoms with van der Waals surface area (Å²) >= 11 is 5.91. The minimum atomic E-state index is -0.255. The van der Waals surface area contributed by atoms with Crippen molar-refractivity contribution in [2.75, 3.05) is 19.6 Å². The summed E-state index contributed by atoms with van der Waals surface area (Å²) in [5.74, 6) is 1.73. The predicted molar refractivity (Wildman–Crippen MR) is 123 cm³/mol. The van der Waals surface area contributed by atoms with Crippen LogP contribution in [0.3, 0.4) is 0 Å². The molecule has 3 rings (SSSR count). The molecule has 1 saturated heterocycles. The molecule has 1 aliphatic heterocycles. The van der Waals surface area contributed by atoms with Gasteiger partial charge in [0, 0.05) is 36.6 Å². The first-order chi connectivity index (χ1) is 13.5. The van der Waals surface area contributed by atoms with Gasteiger partial charge in [0.2, 0.25) is 17.6 Å². The van der Waals surface area contributed by atoms with E-state index in [2.05, 4.69) is 25.3 Å². The van der Waals surface area contributed by atoms with Crippen LogP contribution in [0.1, 0.15) is 32.1 Å². The van der Waals surface area contributed by atoms with Crippen LogP contribution in [0.2, 0.25) is 5.02 Å². The first kappa shape index (κ1) is 23.4. The highest BCUT2D eigenvalue weighted by atomic mass is 127. The Morgan fingerprint density at radius 1 is 1.41 bits per heavy atom. The molecular formula is C19H26ClIN6O2. The van der Waals surface area contributed by atoms with Gasteiger partial charge in [-0.25, -0.2) is 4.99 Å². The number of aliphatic imine (C=N–C) groups is 1. The third kappa shape index (κ3) is 6.84. The normalized spacial score (nSPS) is 17.0. The number of benzene rings is 1. The zero-order valence-electron chi connectivity index (χ0n) is 16.3. The molecule has 29 heavy (non-hydrogen) atoms. The lowest BCUT2D eigenvalue weighted by atomic mass is 9.95. The Hall–Kier alpha value is -1.88. The smallest absolute Gasteiger partial charge is 0.248 e. The number of primary amides is 1. The minimum Gasteiger partial charge on any atom is -0.370 e. The molecule has 10 heteroatoms. The summed E-state index contributed by atoms with van der Waals surface area (Å²) in [4.78, 5) is 22.5. The van der Waals surface area contributed by atoms with Crippen LogP contribution in [0.15, 0.2) is 33.8 Å². The van der Waals surface area contributed by atoms with Crippen LogP contribution in [0, 0.1) is 5.92 Å². The number of nitrogens with two attached hydrogens (primary N) is 1. The molecule has 1 aliphatic rings. The van der Waals surface area contributed by atoms with Gasteiger partial charge in [0.05, 0.1) is 0 Å². The largest absolute Gasteiger partial charge is 0.370 e. The van der Waals surface area contributed by atoms with E-state index < -0.39 is 0 Å². The third-order valence-electron chi connectivity index (χ3n) is 4.58. The summed E-state index contributed by atoms with van der Waals surface area (Å²) in [6.45, 7) is 4.69. The van der Waals surface area contributed by atoms with E-state index in [0.29, 0.717) is 23.2 Å². The van der Waals surface area contributed by atoms with Gasteiger partial charge in [0.15, 0.2) is 5.96 Å². The lowest BCUT2D eigenvalue weighted by Gasteiger charge is -2.34. The Bertz CT molecular complexity index is 826. The van der Waals surface area contributed by atoms with Crippen molar-refractivity contribution < 1.29 is 9.32 Å². The second-order valence-corrected chi connectivity index (χ2v) is 7.25. The van der Waals surface area contributed by atoms with Crippen LogP contribution >= 0.6 is 35.6 Å². The molecule has 2 aromatic rings. The van der Waals surface area contributed by atoms with Crippen LogP contribution in [-0.4, -0.2) is 46.5 Å². The van der Waals surface area contributed by atoms with Crippen molar-refractivity contribution in [1.29, 1.82) is 0 Å². The van der Waals surface area contributed by atoms with E-state index >= 15 is 0 Å². The number of piperidine rings is 1.